The van der Waals surface area contributed by atoms with Crippen molar-refractivity contribution in [1.29, 1.82) is 0 Å². The molecule has 1 saturated heterocycles. The Hall–Kier alpha value is -2.07. The molecule has 1 aromatic rings. The smallest absolute Gasteiger partial charge is 0.305 e. The standard InChI is InChI=1S/C18H24F2N2O5S/c1-27-17(23)4-2-3-9-21-18(24)13-7-10-22(11-8-13)28(25,26)14-5-6-15(19)16(20)12-14/h5-6,12-13H,2-4,7-11H2,1H3,(H,21,24). The average molecular weight is 418 g/mol. The molecule has 1 amide bonds. The fourth-order valence-electron chi connectivity index (χ4n) is 3.00. The number of sulfonamides is 1. The van der Waals surface area contributed by atoms with E-state index in [2.05, 4.69) is 10.1 Å². The number of hydrogen-bond acceptors (Lipinski definition) is 5. The first-order valence-corrected chi connectivity index (χ1v) is 10.5. The molecule has 0 spiro atoms. The fourth-order valence-corrected chi connectivity index (χ4v) is 4.48. The van der Waals surface area contributed by atoms with Gasteiger partial charge in [-0.1, -0.05) is 0 Å². The predicted molar refractivity (Wildman–Crippen MR) is 96.7 cm³/mol. The Morgan fingerprint density at radius 2 is 1.86 bits per heavy atom. The second kappa shape index (κ2) is 9.92. The van der Waals surface area contributed by atoms with Crippen LogP contribution >= 0.6 is 0 Å². The minimum Gasteiger partial charge on any atom is -0.469 e. The van der Waals surface area contributed by atoms with E-state index >= 15 is 0 Å². The highest BCUT2D eigenvalue weighted by atomic mass is 32.2. The van der Waals surface area contributed by atoms with Gasteiger partial charge in [0.1, 0.15) is 0 Å². The molecular weight excluding hydrogens is 394 g/mol. The zero-order chi connectivity index (χ0) is 20.7. The van der Waals surface area contributed by atoms with Gasteiger partial charge in [-0.15, -0.1) is 0 Å². The third-order valence-electron chi connectivity index (χ3n) is 4.69. The van der Waals surface area contributed by atoms with Gasteiger partial charge in [-0.3, -0.25) is 9.59 Å². The summed E-state index contributed by atoms with van der Waals surface area (Å²) in [6.07, 6.45) is 2.24. The zero-order valence-electron chi connectivity index (χ0n) is 15.6. The van der Waals surface area contributed by atoms with Gasteiger partial charge in [-0.05, 0) is 43.9 Å². The van der Waals surface area contributed by atoms with Crippen molar-refractivity contribution in [3.63, 3.8) is 0 Å². The van der Waals surface area contributed by atoms with Gasteiger partial charge < -0.3 is 10.1 Å². The maximum atomic E-state index is 13.3. The van der Waals surface area contributed by atoms with Gasteiger partial charge in [-0.2, -0.15) is 4.31 Å². The maximum absolute atomic E-state index is 13.3. The molecule has 156 valence electrons. The van der Waals surface area contributed by atoms with E-state index in [0.29, 0.717) is 44.7 Å². The molecule has 1 aromatic carbocycles. The number of ether oxygens (including phenoxy) is 1. The summed E-state index contributed by atoms with van der Waals surface area (Å²) < 4.78 is 57.2. The van der Waals surface area contributed by atoms with E-state index in [-0.39, 0.29) is 35.8 Å². The lowest BCUT2D eigenvalue weighted by molar-refractivity contribution is -0.140. The number of carbonyl (C=O) groups excluding carboxylic acids is 2. The number of carbonyl (C=O) groups is 2. The molecule has 0 bridgehead atoms. The summed E-state index contributed by atoms with van der Waals surface area (Å²) in [7, 11) is -2.61. The molecule has 0 aliphatic carbocycles. The number of benzene rings is 1. The van der Waals surface area contributed by atoms with Crippen LogP contribution in [-0.2, 0) is 24.3 Å². The first-order valence-electron chi connectivity index (χ1n) is 9.05. The fraction of sp³-hybridized carbons (Fsp3) is 0.556. The Morgan fingerprint density at radius 3 is 2.46 bits per heavy atom. The number of amides is 1. The van der Waals surface area contributed by atoms with E-state index in [0.717, 1.165) is 12.1 Å². The van der Waals surface area contributed by atoms with Crippen molar-refractivity contribution in [2.75, 3.05) is 26.7 Å². The first-order chi connectivity index (χ1) is 13.3. The molecule has 1 fully saturated rings. The van der Waals surface area contributed by atoms with Gasteiger partial charge in [0.05, 0.1) is 12.0 Å². The lowest BCUT2D eigenvalue weighted by atomic mass is 9.97. The number of rotatable bonds is 8. The number of nitrogens with one attached hydrogen (secondary N) is 1. The topological polar surface area (TPSA) is 92.8 Å². The molecule has 0 aromatic heterocycles. The summed E-state index contributed by atoms with van der Waals surface area (Å²) in [6.45, 7) is 0.687. The van der Waals surface area contributed by atoms with E-state index in [1.54, 1.807) is 0 Å². The number of methoxy groups -OCH3 is 1. The molecule has 2 rings (SSSR count). The van der Waals surface area contributed by atoms with Crippen LogP contribution in [0.3, 0.4) is 0 Å². The van der Waals surface area contributed by atoms with Gasteiger partial charge in [0, 0.05) is 32.0 Å². The zero-order valence-corrected chi connectivity index (χ0v) is 16.4. The maximum Gasteiger partial charge on any atom is 0.305 e. The van der Waals surface area contributed by atoms with E-state index < -0.39 is 21.7 Å². The van der Waals surface area contributed by atoms with Crippen LogP contribution in [0.1, 0.15) is 32.1 Å². The molecule has 0 unspecified atom stereocenters. The third kappa shape index (κ3) is 5.71. The summed E-state index contributed by atoms with van der Waals surface area (Å²) in [6, 6.07) is 2.47. The summed E-state index contributed by atoms with van der Waals surface area (Å²) in [4.78, 5) is 22.9. The number of unbranched alkanes of at least 4 members (excludes halogenated alkanes) is 1. The number of esters is 1. The van der Waals surface area contributed by atoms with Crippen LogP contribution in [0.25, 0.3) is 0 Å². The molecule has 1 aliphatic heterocycles. The summed E-state index contributed by atoms with van der Waals surface area (Å²) in [5, 5.41) is 2.79. The lowest BCUT2D eigenvalue weighted by Gasteiger charge is -2.30. The van der Waals surface area contributed by atoms with Crippen LogP contribution in [0.4, 0.5) is 8.78 Å². The molecule has 1 heterocycles. The average Bonchev–Trinajstić information content (AvgIpc) is 2.69. The summed E-state index contributed by atoms with van der Waals surface area (Å²) >= 11 is 0. The third-order valence-corrected chi connectivity index (χ3v) is 6.58. The van der Waals surface area contributed by atoms with E-state index in [9.17, 15) is 26.8 Å². The van der Waals surface area contributed by atoms with Crippen molar-refractivity contribution in [3.05, 3.63) is 29.8 Å². The van der Waals surface area contributed by atoms with Crippen LogP contribution in [0.5, 0.6) is 0 Å². The summed E-state index contributed by atoms with van der Waals surface area (Å²) in [5.41, 5.74) is 0. The van der Waals surface area contributed by atoms with Crippen LogP contribution in [-0.4, -0.2) is 51.3 Å². The molecule has 28 heavy (non-hydrogen) atoms. The molecule has 10 heteroatoms. The molecule has 7 nitrogen and oxygen atoms in total. The first kappa shape index (κ1) is 22.2. The Labute approximate surface area is 163 Å². The van der Waals surface area contributed by atoms with Gasteiger partial charge >= 0.3 is 5.97 Å². The molecule has 0 radical (unpaired) electrons. The highest BCUT2D eigenvalue weighted by molar-refractivity contribution is 7.89. The Balaban J connectivity index is 1.80. The van der Waals surface area contributed by atoms with Crippen molar-refractivity contribution in [3.8, 4) is 0 Å². The highest BCUT2D eigenvalue weighted by Crippen LogP contribution is 2.25. The van der Waals surface area contributed by atoms with Gasteiger partial charge in [-0.25, -0.2) is 17.2 Å². The second-order valence-electron chi connectivity index (χ2n) is 6.58. The van der Waals surface area contributed by atoms with Crippen molar-refractivity contribution < 1.29 is 31.5 Å². The van der Waals surface area contributed by atoms with Crippen LogP contribution in [0, 0.1) is 17.6 Å². The van der Waals surface area contributed by atoms with E-state index in [4.69, 9.17) is 0 Å². The molecular formula is C18H24F2N2O5S. The Bertz CT molecular complexity index is 808. The van der Waals surface area contributed by atoms with Gasteiger partial charge in [0.15, 0.2) is 11.6 Å². The molecule has 1 N–H and O–H groups in total. The minimum absolute atomic E-state index is 0.127. The van der Waals surface area contributed by atoms with Crippen LogP contribution in [0.2, 0.25) is 0 Å². The molecule has 0 saturated carbocycles. The quantitative estimate of drug-likeness (QED) is 0.514. The highest BCUT2D eigenvalue weighted by Gasteiger charge is 2.32. The molecule has 1 aliphatic rings. The Morgan fingerprint density at radius 1 is 1.18 bits per heavy atom. The lowest BCUT2D eigenvalue weighted by Crippen LogP contribution is -2.43. The predicted octanol–water partition coefficient (Wildman–Crippen LogP) is 1.82. The number of piperidine rings is 1. The van der Waals surface area contributed by atoms with Crippen LogP contribution in [0.15, 0.2) is 23.1 Å². The van der Waals surface area contributed by atoms with E-state index in [1.165, 1.54) is 11.4 Å². The van der Waals surface area contributed by atoms with Crippen molar-refractivity contribution >= 4 is 21.9 Å². The second-order valence-corrected chi connectivity index (χ2v) is 8.52. The monoisotopic (exact) mass is 418 g/mol. The van der Waals surface area contributed by atoms with Crippen molar-refractivity contribution in [1.82, 2.24) is 9.62 Å². The normalized spacial score (nSPS) is 16.0. The SMILES string of the molecule is COC(=O)CCCCNC(=O)C1CCN(S(=O)(=O)c2ccc(F)c(F)c2)CC1. The van der Waals surface area contributed by atoms with Gasteiger partial charge in [0.2, 0.25) is 15.9 Å². The number of halogens is 2. The minimum atomic E-state index is -3.93. The molecule has 0 atom stereocenters. The summed E-state index contributed by atoms with van der Waals surface area (Å²) in [5.74, 6) is -3.08. The largest absolute Gasteiger partial charge is 0.469 e. The van der Waals surface area contributed by atoms with Crippen molar-refractivity contribution in [2.45, 2.75) is 37.0 Å². The number of hydrogen-bond donors (Lipinski definition) is 1. The van der Waals surface area contributed by atoms with Gasteiger partial charge in [0.25, 0.3) is 0 Å². The van der Waals surface area contributed by atoms with E-state index in [1.807, 2.05) is 0 Å². The van der Waals surface area contributed by atoms with Crippen molar-refractivity contribution in [2.24, 2.45) is 5.92 Å². The van der Waals surface area contributed by atoms with Crippen LogP contribution < -0.4 is 5.32 Å². The number of nitrogens with zero attached hydrogens (tertiary/aromatic N) is 1. The Kier molecular flexibility index (Phi) is 7.88.